The monoisotopic (exact) mass is 254 g/mol. The summed E-state index contributed by atoms with van der Waals surface area (Å²) in [4.78, 5) is 7.40. The van der Waals surface area contributed by atoms with Crippen LogP contribution in [-0.4, -0.2) is 87.7 Å². The summed E-state index contributed by atoms with van der Waals surface area (Å²) in [5.74, 6) is 0.808. The van der Waals surface area contributed by atoms with Gasteiger partial charge in [-0.2, -0.15) is 0 Å². The number of likely N-dealkylation sites (N-methyl/N-ethyl adjacent to an activating group) is 2. The van der Waals surface area contributed by atoms with Crippen LogP contribution in [0.5, 0.6) is 0 Å². The number of nitrogens with one attached hydrogen (secondary N) is 1. The fourth-order valence-electron chi connectivity index (χ4n) is 3.76. The van der Waals surface area contributed by atoms with Gasteiger partial charge in [-0.15, -0.1) is 0 Å². The SMILES string of the molecule is CN1CCCC(C(C2CN(C)CCN2)N(C)C)C1. The molecule has 0 aromatic rings. The third kappa shape index (κ3) is 3.44. The molecule has 1 N–H and O–H groups in total. The van der Waals surface area contributed by atoms with E-state index < -0.39 is 0 Å². The predicted molar refractivity (Wildman–Crippen MR) is 77.0 cm³/mol. The first-order valence-corrected chi connectivity index (χ1v) is 7.35. The maximum atomic E-state index is 3.74. The first kappa shape index (κ1) is 14.3. The molecule has 0 amide bonds. The molecule has 3 atom stereocenters. The van der Waals surface area contributed by atoms with Crippen LogP contribution in [0.25, 0.3) is 0 Å². The van der Waals surface area contributed by atoms with Crippen LogP contribution < -0.4 is 5.32 Å². The number of hydrogen-bond donors (Lipinski definition) is 1. The quantitative estimate of drug-likeness (QED) is 0.774. The molecule has 0 saturated carbocycles. The molecule has 4 heteroatoms. The Bertz CT molecular complexity index is 234. The van der Waals surface area contributed by atoms with Gasteiger partial charge in [-0.1, -0.05) is 0 Å². The minimum absolute atomic E-state index is 0.621. The lowest BCUT2D eigenvalue weighted by atomic mass is 9.85. The Morgan fingerprint density at radius 1 is 1.11 bits per heavy atom. The van der Waals surface area contributed by atoms with Gasteiger partial charge in [0.1, 0.15) is 0 Å². The van der Waals surface area contributed by atoms with Gasteiger partial charge in [0.05, 0.1) is 0 Å². The van der Waals surface area contributed by atoms with Crippen LogP contribution in [0.15, 0.2) is 0 Å². The molecule has 18 heavy (non-hydrogen) atoms. The fourth-order valence-corrected chi connectivity index (χ4v) is 3.76. The van der Waals surface area contributed by atoms with Crippen LogP contribution in [0.2, 0.25) is 0 Å². The average Bonchev–Trinajstić information content (AvgIpc) is 2.28. The summed E-state index contributed by atoms with van der Waals surface area (Å²) in [6, 6.07) is 1.28. The summed E-state index contributed by atoms with van der Waals surface area (Å²) in [7, 11) is 9.00. The van der Waals surface area contributed by atoms with Crippen LogP contribution in [0.1, 0.15) is 12.8 Å². The first-order valence-electron chi connectivity index (χ1n) is 7.35. The normalized spacial score (nSPS) is 33.8. The molecular weight excluding hydrogens is 224 g/mol. The average molecular weight is 254 g/mol. The summed E-state index contributed by atoms with van der Waals surface area (Å²) in [6.45, 7) is 6.03. The Kier molecular flexibility index (Phi) is 5.01. The van der Waals surface area contributed by atoms with Gasteiger partial charge in [0, 0.05) is 38.3 Å². The van der Waals surface area contributed by atoms with E-state index in [1.54, 1.807) is 0 Å². The summed E-state index contributed by atoms with van der Waals surface area (Å²) >= 11 is 0. The van der Waals surface area contributed by atoms with Crippen molar-refractivity contribution in [3.05, 3.63) is 0 Å². The van der Waals surface area contributed by atoms with Gasteiger partial charge in [-0.25, -0.2) is 0 Å². The summed E-state index contributed by atoms with van der Waals surface area (Å²) < 4.78 is 0. The predicted octanol–water partition coefficient (Wildman–Crippen LogP) is 0.162. The Labute approximate surface area is 112 Å². The van der Waals surface area contributed by atoms with Gasteiger partial charge in [-0.3, -0.25) is 0 Å². The molecule has 0 radical (unpaired) electrons. The van der Waals surface area contributed by atoms with E-state index in [0.29, 0.717) is 12.1 Å². The van der Waals surface area contributed by atoms with Crippen molar-refractivity contribution >= 4 is 0 Å². The topological polar surface area (TPSA) is 21.8 Å². The van der Waals surface area contributed by atoms with Gasteiger partial charge in [0.15, 0.2) is 0 Å². The zero-order valence-corrected chi connectivity index (χ0v) is 12.5. The van der Waals surface area contributed by atoms with Crippen molar-refractivity contribution in [1.82, 2.24) is 20.0 Å². The standard InChI is InChI=1S/C14H30N4/c1-16(2)14(12-6-5-8-17(3)10-12)13-11-18(4)9-7-15-13/h12-15H,5-11H2,1-4H3. The zero-order valence-electron chi connectivity index (χ0n) is 12.5. The first-order chi connectivity index (χ1) is 8.58. The minimum Gasteiger partial charge on any atom is -0.310 e. The molecule has 0 aromatic carbocycles. The van der Waals surface area contributed by atoms with Crippen molar-refractivity contribution in [2.24, 2.45) is 5.92 Å². The van der Waals surface area contributed by atoms with E-state index in [2.05, 4.69) is 48.2 Å². The number of piperazine rings is 1. The van der Waals surface area contributed by atoms with Crippen molar-refractivity contribution < 1.29 is 0 Å². The minimum atomic E-state index is 0.621. The Hall–Kier alpha value is -0.160. The summed E-state index contributed by atoms with van der Waals surface area (Å²) in [5.41, 5.74) is 0. The molecule has 0 aliphatic carbocycles. The highest BCUT2D eigenvalue weighted by Crippen LogP contribution is 2.24. The highest BCUT2D eigenvalue weighted by atomic mass is 15.2. The van der Waals surface area contributed by atoms with Crippen molar-refractivity contribution in [3.63, 3.8) is 0 Å². The van der Waals surface area contributed by atoms with E-state index in [-0.39, 0.29) is 0 Å². The lowest BCUT2D eigenvalue weighted by Gasteiger charge is -2.45. The van der Waals surface area contributed by atoms with Gasteiger partial charge >= 0.3 is 0 Å². The van der Waals surface area contributed by atoms with E-state index in [0.717, 1.165) is 12.5 Å². The Morgan fingerprint density at radius 3 is 2.44 bits per heavy atom. The van der Waals surface area contributed by atoms with Crippen LogP contribution in [0.4, 0.5) is 0 Å². The number of hydrogen-bond acceptors (Lipinski definition) is 4. The van der Waals surface area contributed by atoms with Gasteiger partial charge in [-0.05, 0) is 53.5 Å². The second-order valence-corrected chi connectivity index (χ2v) is 6.44. The molecule has 2 saturated heterocycles. The molecule has 0 spiro atoms. The van der Waals surface area contributed by atoms with Crippen molar-refractivity contribution in [2.45, 2.75) is 24.9 Å². The molecular formula is C14H30N4. The molecule has 2 aliphatic rings. The molecule has 2 fully saturated rings. The number of rotatable bonds is 3. The van der Waals surface area contributed by atoms with Gasteiger partial charge < -0.3 is 20.0 Å². The van der Waals surface area contributed by atoms with E-state index in [1.165, 1.54) is 39.0 Å². The number of piperidine rings is 1. The summed E-state index contributed by atoms with van der Waals surface area (Å²) in [5, 5.41) is 3.74. The second kappa shape index (κ2) is 6.33. The lowest BCUT2D eigenvalue weighted by Crippen LogP contribution is -2.61. The van der Waals surface area contributed by atoms with Gasteiger partial charge in [0.2, 0.25) is 0 Å². The number of likely N-dealkylation sites (tertiary alicyclic amines) is 1. The largest absolute Gasteiger partial charge is 0.310 e. The molecule has 4 nitrogen and oxygen atoms in total. The van der Waals surface area contributed by atoms with Crippen LogP contribution in [-0.2, 0) is 0 Å². The third-order valence-electron chi connectivity index (χ3n) is 4.56. The van der Waals surface area contributed by atoms with Gasteiger partial charge in [0.25, 0.3) is 0 Å². The molecule has 2 aliphatic heterocycles. The zero-order chi connectivity index (χ0) is 13.1. The van der Waals surface area contributed by atoms with Crippen LogP contribution in [0.3, 0.4) is 0 Å². The molecule has 0 bridgehead atoms. The van der Waals surface area contributed by atoms with E-state index in [1.807, 2.05) is 0 Å². The molecule has 106 valence electrons. The summed E-state index contributed by atoms with van der Waals surface area (Å²) in [6.07, 6.45) is 2.74. The maximum absolute atomic E-state index is 3.74. The van der Waals surface area contributed by atoms with Crippen molar-refractivity contribution in [2.75, 3.05) is 60.9 Å². The second-order valence-electron chi connectivity index (χ2n) is 6.44. The van der Waals surface area contributed by atoms with Crippen LogP contribution >= 0.6 is 0 Å². The van der Waals surface area contributed by atoms with E-state index in [4.69, 9.17) is 0 Å². The van der Waals surface area contributed by atoms with Crippen molar-refractivity contribution in [3.8, 4) is 0 Å². The van der Waals surface area contributed by atoms with Crippen molar-refractivity contribution in [1.29, 1.82) is 0 Å². The lowest BCUT2D eigenvalue weighted by molar-refractivity contribution is 0.0721. The van der Waals surface area contributed by atoms with E-state index in [9.17, 15) is 0 Å². The third-order valence-corrected chi connectivity index (χ3v) is 4.56. The molecule has 3 unspecified atom stereocenters. The highest BCUT2D eigenvalue weighted by Gasteiger charge is 2.34. The highest BCUT2D eigenvalue weighted by molar-refractivity contribution is 4.93. The maximum Gasteiger partial charge on any atom is 0.0354 e. The molecule has 0 aromatic heterocycles. The Morgan fingerprint density at radius 2 is 1.83 bits per heavy atom. The van der Waals surface area contributed by atoms with Crippen LogP contribution in [0, 0.1) is 5.92 Å². The number of nitrogens with zero attached hydrogens (tertiary/aromatic N) is 3. The molecule has 2 heterocycles. The molecule has 2 rings (SSSR count). The smallest absolute Gasteiger partial charge is 0.0354 e. The fraction of sp³-hybridized carbons (Fsp3) is 1.00. The van der Waals surface area contributed by atoms with E-state index >= 15 is 0 Å². The Balaban J connectivity index is 2.02.